The van der Waals surface area contributed by atoms with Crippen LogP contribution in [-0.4, -0.2) is 16.8 Å². The molecule has 2 amide bonds. The third-order valence-corrected chi connectivity index (χ3v) is 4.37. The smallest absolute Gasteiger partial charge is 0.224 e. The van der Waals surface area contributed by atoms with E-state index in [1.807, 2.05) is 38.1 Å². The molecule has 6 heteroatoms. The summed E-state index contributed by atoms with van der Waals surface area (Å²) >= 11 is 0. The molecule has 0 saturated heterocycles. The minimum absolute atomic E-state index is 0.0252. The molecule has 28 heavy (non-hydrogen) atoms. The number of nitrogens with one attached hydrogen (secondary N) is 3. The Hall–Kier alpha value is -3.15. The molecule has 1 heterocycles. The van der Waals surface area contributed by atoms with Crippen molar-refractivity contribution in [3.8, 4) is 0 Å². The van der Waals surface area contributed by atoms with Gasteiger partial charge < -0.3 is 15.6 Å². The van der Waals surface area contributed by atoms with Crippen molar-refractivity contribution in [3.05, 3.63) is 65.6 Å². The molecular formula is C22H24FN3O2. The van der Waals surface area contributed by atoms with E-state index < -0.39 is 0 Å². The zero-order valence-electron chi connectivity index (χ0n) is 16.0. The average Bonchev–Trinajstić information content (AvgIpc) is 3.01. The summed E-state index contributed by atoms with van der Waals surface area (Å²) in [4.78, 5) is 27.3. The molecule has 3 rings (SSSR count). The van der Waals surface area contributed by atoms with Crippen molar-refractivity contribution in [2.24, 2.45) is 5.92 Å². The number of aromatic nitrogens is 1. The minimum Gasteiger partial charge on any atom is -0.361 e. The standard InChI is InChI=1S/C22H24FN3O2/c1-14(2)8-22(28)26-18-5-3-4-15(9-18)12-25-21(27)10-16-13-24-20-7-6-17(23)11-19(16)20/h3-7,9,11,13-14,24H,8,10,12H2,1-2H3,(H,25,27)(H,26,28). The fourth-order valence-corrected chi connectivity index (χ4v) is 3.07. The van der Waals surface area contributed by atoms with Crippen LogP contribution in [-0.2, 0) is 22.6 Å². The number of benzene rings is 2. The highest BCUT2D eigenvalue weighted by atomic mass is 19.1. The second kappa shape index (κ2) is 8.69. The number of hydrogen-bond acceptors (Lipinski definition) is 2. The maximum absolute atomic E-state index is 13.5. The number of carbonyl (C=O) groups is 2. The molecule has 3 N–H and O–H groups in total. The molecule has 0 bridgehead atoms. The molecule has 2 aromatic carbocycles. The third-order valence-electron chi connectivity index (χ3n) is 4.37. The Morgan fingerprint density at radius 1 is 1.11 bits per heavy atom. The Balaban J connectivity index is 1.57. The number of hydrogen-bond donors (Lipinski definition) is 3. The van der Waals surface area contributed by atoms with Gasteiger partial charge >= 0.3 is 0 Å². The van der Waals surface area contributed by atoms with Crippen LogP contribution in [0, 0.1) is 11.7 Å². The van der Waals surface area contributed by atoms with Gasteiger partial charge in [-0.15, -0.1) is 0 Å². The summed E-state index contributed by atoms with van der Waals surface area (Å²) in [5.74, 6) is -0.215. The molecule has 0 unspecified atom stereocenters. The van der Waals surface area contributed by atoms with Crippen LogP contribution >= 0.6 is 0 Å². The van der Waals surface area contributed by atoms with E-state index in [-0.39, 0.29) is 24.1 Å². The van der Waals surface area contributed by atoms with Crippen LogP contribution < -0.4 is 10.6 Å². The van der Waals surface area contributed by atoms with Crippen LogP contribution in [0.1, 0.15) is 31.4 Å². The Labute approximate surface area is 163 Å². The fraction of sp³-hybridized carbons (Fsp3) is 0.273. The number of aromatic amines is 1. The molecule has 0 aliphatic heterocycles. The van der Waals surface area contributed by atoms with Gasteiger partial charge in [0.05, 0.1) is 6.42 Å². The van der Waals surface area contributed by atoms with Crippen molar-refractivity contribution in [2.75, 3.05) is 5.32 Å². The summed E-state index contributed by atoms with van der Waals surface area (Å²) in [6.07, 6.45) is 2.36. The summed E-state index contributed by atoms with van der Waals surface area (Å²) < 4.78 is 13.5. The quantitative estimate of drug-likeness (QED) is 0.575. The van der Waals surface area contributed by atoms with Crippen LogP contribution in [0.4, 0.5) is 10.1 Å². The SMILES string of the molecule is CC(C)CC(=O)Nc1cccc(CNC(=O)Cc2c[nH]c3ccc(F)cc23)c1. The van der Waals surface area contributed by atoms with E-state index in [9.17, 15) is 14.0 Å². The van der Waals surface area contributed by atoms with Gasteiger partial charge in [-0.25, -0.2) is 4.39 Å². The Bertz CT molecular complexity index is 994. The van der Waals surface area contributed by atoms with Crippen LogP contribution in [0.25, 0.3) is 10.9 Å². The molecule has 0 aliphatic rings. The normalized spacial score (nSPS) is 11.0. The first-order valence-corrected chi connectivity index (χ1v) is 9.31. The average molecular weight is 381 g/mol. The van der Waals surface area contributed by atoms with Crippen LogP contribution in [0.2, 0.25) is 0 Å². The van der Waals surface area contributed by atoms with Crippen molar-refractivity contribution in [3.63, 3.8) is 0 Å². The molecule has 0 radical (unpaired) electrons. The predicted molar refractivity (Wildman–Crippen MR) is 108 cm³/mol. The van der Waals surface area contributed by atoms with Crippen LogP contribution in [0.5, 0.6) is 0 Å². The van der Waals surface area contributed by atoms with E-state index in [0.717, 1.165) is 16.6 Å². The van der Waals surface area contributed by atoms with E-state index in [0.29, 0.717) is 30.0 Å². The predicted octanol–water partition coefficient (Wildman–Crippen LogP) is 4.15. The molecule has 3 aromatic rings. The lowest BCUT2D eigenvalue weighted by atomic mass is 10.1. The number of fused-ring (bicyclic) bond motifs is 1. The molecule has 146 valence electrons. The van der Waals surface area contributed by atoms with Crippen molar-refractivity contribution in [1.29, 1.82) is 0 Å². The maximum Gasteiger partial charge on any atom is 0.224 e. The van der Waals surface area contributed by atoms with Crippen LogP contribution in [0.15, 0.2) is 48.7 Å². The summed E-state index contributed by atoms with van der Waals surface area (Å²) in [6, 6.07) is 11.9. The van der Waals surface area contributed by atoms with Gasteiger partial charge in [-0.3, -0.25) is 9.59 Å². The van der Waals surface area contributed by atoms with E-state index in [1.165, 1.54) is 12.1 Å². The van der Waals surface area contributed by atoms with Gasteiger partial charge in [0.25, 0.3) is 0 Å². The number of amides is 2. The first-order valence-electron chi connectivity index (χ1n) is 9.31. The number of anilines is 1. The summed E-state index contributed by atoms with van der Waals surface area (Å²) in [5, 5.41) is 6.45. The molecule has 0 spiro atoms. The highest BCUT2D eigenvalue weighted by Crippen LogP contribution is 2.20. The lowest BCUT2D eigenvalue weighted by molar-refractivity contribution is -0.120. The first kappa shape index (κ1) is 19.6. The topological polar surface area (TPSA) is 74.0 Å². The fourth-order valence-electron chi connectivity index (χ4n) is 3.07. The number of rotatable bonds is 7. The summed E-state index contributed by atoms with van der Waals surface area (Å²) in [5.41, 5.74) is 3.15. The van der Waals surface area contributed by atoms with Crippen molar-refractivity contribution < 1.29 is 14.0 Å². The third kappa shape index (κ3) is 5.19. The van der Waals surface area contributed by atoms with E-state index in [1.54, 1.807) is 12.3 Å². The van der Waals surface area contributed by atoms with E-state index in [2.05, 4.69) is 15.6 Å². The number of carbonyl (C=O) groups excluding carboxylic acids is 2. The molecule has 0 aliphatic carbocycles. The lowest BCUT2D eigenvalue weighted by Crippen LogP contribution is -2.24. The van der Waals surface area contributed by atoms with Gasteiger partial charge in [-0.2, -0.15) is 0 Å². The van der Waals surface area contributed by atoms with Crippen molar-refractivity contribution >= 4 is 28.4 Å². The van der Waals surface area contributed by atoms with Crippen molar-refractivity contribution in [1.82, 2.24) is 10.3 Å². The summed E-state index contributed by atoms with van der Waals surface area (Å²) in [6.45, 7) is 4.34. The van der Waals surface area contributed by atoms with Gasteiger partial charge in [0.1, 0.15) is 5.82 Å². The monoisotopic (exact) mass is 381 g/mol. The highest BCUT2D eigenvalue weighted by molar-refractivity contribution is 5.91. The lowest BCUT2D eigenvalue weighted by Gasteiger charge is -2.10. The Kier molecular flexibility index (Phi) is 6.09. The molecule has 5 nitrogen and oxygen atoms in total. The van der Waals surface area contributed by atoms with Gasteiger partial charge in [0.15, 0.2) is 0 Å². The molecular weight excluding hydrogens is 357 g/mol. The second-order valence-corrected chi connectivity index (χ2v) is 7.30. The Morgan fingerprint density at radius 3 is 2.71 bits per heavy atom. The largest absolute Gasteiger partial charge is 0.361 e. The van der Waals surface area contributed by atoms with Gasteiger partial charge in [0, 0.05) is 35.8 Å². The summed E-state index contributed by atoms with van der Waals surface area (Å²) in [7, 11) is 0. The van der Waals surface area contributed by atoms with E-state index >= 15 is 0 Å². The Morgan fingerprint density at radius 2 is 1.93 bits per heavy atom. The van der Waals surface area contributed by atoms with E-state index in [4.69, 9.17) is 0 Å². The molecule has 0 saturated carbocycles. The highest BCUT2D eigenvalue weighted by Gasteiger charge is 2.10. The number of halogens is 1. The zero-order chi connectivity index (χ0) is 20.1. The maximum atomic E-state index is 13.5. The molecule has 0 fully saturated rings. The van der Waals surface area contributed by atoms with Gasteiger partial charge in [-0.05, 0) is 47.4 Å². The van der Waals surface area contributed by atoms with Crippen molar-refractivity contribution in [2.45, 2.75) is 33.2 Å². The number of H-pyrrole nitrogens is 1. The van der Waals surface area contributed by atoms with Crippen LogP contribution in [0.3, 0.4) is 0 Å². The second-order valence-electron chi connectivity index (χ2n) is 7.30. The minimum atomic E-state index is -0.329. The first-order chi connectivity index (χ1) is 13.4. The molecule has 0 atom stereocenters. The van der Waals surface area contributed by atoms with Gasteiger partial charge in [-0.1, -0.05) is 26.0 Å². The zero-order valence-corrected chi connectivity index (χ0v) is 16.0. The van der Waals surface area contributed by atoms with Gasteiger partial charge in [0.2, 0.25) is 11.8 Å². The molecule has 1 aromatic heterocycles.